The minimum absolute atomic E-state index is 0.0833. The summed E-state index contributed by atoms with van der Waals surface area (Å²) in [5.41, 5.74) is 0. The van der Waals surface area contributed by atoms with E-state index in [0.717, 1.165) is 12.8 Å². The van der Waals surface area contributed by atoms with Gasteiger partial charge in [0.1, 0.15) is 0 Å². The molecule has 1 spiro atoms. The van der Waals surface area contributed by atoms with E-state index in [1.165, 1.54) is 37.9 Å². The Morgan fingerprint density at radius 3 is 2.79 bits per heavy atom. The third-order valence-electron chi connectivity index (χ3n) is 3.87. The first-order chi connectivity index (χ1) is 9.13. The molecule has 0 bridgehead atoms. The van der Waals surface area contributed by atoms with Crippen molar-refractivity contribution >= 4 is 29.5 Å². The molecule has 2 heterocycles. The van der Waals surface area contributed by atoms with Gasteiger partial charge in [-0.15, -0.1) is 23.5 Å². The van der Waals surface area contributed by atoms with Crippen LogP contribution in [0.2, 0.25) is 0 Å². The number of rotatable bonds is 4. The van der Waals surface area contributed by atoms with Gasteiger partial charge in [-0.1, -0.05) is 0 Å². The van der Waals surface area contributed by atoms with Gasteiger partial charge in [0.15, 0.2) is 0 Å². The van der Waals surface area contributed by atoms with E-state index in [1.807, 2.05) is 0 Å². The number of carbonyl (C=O) groups excluding carboxylic acids is 1. The quantitative estimate of drug-likeness (QED) is 0.808. The molecule has 0 amide bonds. The van der Waals surface area contributed by atoms with E-state index >= 15 is 0 Å². The molecule has 19 heavy (non-hydrogen) atoms. The number of methoxy groups -OCH3 is 1. The fourth-order valence-electron chi connectivity index (χ4n) is 3.08. The zero-order valence-corrected chi connectivity index (χ0v) is 13.6. The summed E-state index contributed by atoms with van der Waals surface area (Å²) < 4.78 is 5.15. The maximum atomic E-state index is 11.2. The molecule has 2 saturated heterocycles. The monoisotopic (exact) mass is 303 g/mol. The van der Waals surface area contributed by atoms with Crippen LogP contribution in [0.5, 0.6) is 0 Å². The summed E-state index contributed by atoms with van der Waals surface area (Å²) in [7, 11) is 1.47. The summed E-state index contributed by atoms with van der Waals surface area (Å²) in [6.45, 7) is 2.30. The number of nitrogens with one attached hydrogen (secondary N) is 1. The van der Waals surface area contributed by atoms with Crippen LogP contribution >= 0.6 is 23.5 Å². The highest BCUT2D eigenvalue weighted by Crippen LogP contribution is 2.50. The van der Waals surface area contributed by atoms with E-state index in [4.69, 9.17) is 4.74 Å². The molecular weight excluding hydrogens is 278 g/mol. The van der Waals surface area contributed by atoms with Gasteiger partial charge in [0.25, 0.3) is 0 Å². The van der Waals surface area contributed by atoms with Gasteiger partial charge in [-0.25, -0.2) is 0 Å². The molecular formula is C14H25NO2S2. The second-order valence-electron chi connectivity index (χ2n) is 5.60. The molecule has 0 unspecified atom stereocenters. The Balaban J connectivity index is 1.82. The first-order valence-electron chi connectivity index (χ1n) is 7.24. The SMILES string of the molecule is COC(=O)CCC[C@H]1CC2(C[C@@H](C)N1)SCCCS2. The van der Waals surface area contributed by atoms with Gasteiger partial charge in [-0.2, -0.15) is 0 Å². The van der Waals surface area contributed by atoms with Crippen LogP contribution in [0, 0.1) is 0 Å². The lowest BCUT2D eigenvalue weighted by Crippen LogP contribution is -2.50. The van der Waals surface area contributed by atoms with Gasteiger partial charge in [0.05, 0.1) is 11.2 Å². The Morgan fingerprint density at radius 2 is 2.11 bits per heavy atom. The summed E-state index contributed by atoms with van der Waals surface area (Å²) in [5, 5.41) is 3.70. The van der Waals surface area contributed by atoms with E-state index < -0.39 is 0 Å². The van der Waals surface area contributed by atoms with Crippen LogP contribution in [-0.2, 0) is 9.53 Å². The Labute approximate surface area is 125 Å². The molecule has 0 saturated carbocycles. The molecule has 2 aliphatic heterocycles. The zero-order valence-electron chi connectivity index (χ0n) is 11.9. The molecule has 5 heteroatoms. The van der Waals surface area contributed by atoms with E-state index in [0.29, 0.717) is 22.6 Å². The minimum Gasteiger partial charge on any atom is -0.469 e. The third-order valence-corrected chi connectivity index (χ3v) is 7.29. The lowest BCUT2D eigenvalue weighted by Gasteiger charge is -2.45. The van der Waals surface area contributed by atoms with E-state index in [2.05, 4.69) is 35.8 Å². The molecule has 0 radical (unpaired) electrons. The van der Waals surface area contributed by atoms with Gasteiger partial charge in [-0.3, -0.25) is 4.79 Å². The molecule has 0 aliphatic carbocycles. The van der Waals surface area contributed by atoms with E-state index in [9.17, 15) is 4.79 Å². The Morgan fingerprint density at radius 1 is 1.37 bits per heavy atom. The second-order valence-corrected chi connectivity index (χ2v) is 8.82. The number of ether oxygens (including phenoxy) is 1. The van der Waals surface area contributed by atoms with Crippen molar-refractivity contribution in [2.45, 2.75) is 61.6 Å². The van der Waals surface area contributed by atoms with Gasteiger partial charge >= 0.3 is 5.97 Å². The average molecular weight is 303 g/mol. The lowest BCUT2D eigenvalue weighted by molar-refractivity contribution is -0.140. The maximum absolute atomic E-state index is 11.2. The van der Waals surface area contributed by atoms with Crippen molar-refractivity contribution < 1.29 is 9.53 Å². The highest BCUT2D eigenvalue weighted by Gasteiger charge is 2.40. The summed E-state index contributed by atoms with van der Waals surface area (Å²) in [6, 6.07) is 1.15. The van der Waals surface area contributed by atoms with Gasteiger partial charge in [-0.05, 0) is 50.5 Å². The maximum Gasteiger partial charge on any atom is 0.305 e. The fraction of sp³-hybridized carbons (Fsp3) is 0.929. The number of esters is 1. The van der Waals surface area contributed by atoms with Crippen molar-refractivity contribution in [2.75, 3.05) is 18.6 Å². The van der Waals surface area contributed by atoms with Crippen LogP contribution in [0.1, 0.15) is 45.4 Å². The molecule has 0 aromatic rings. The van der Waals surface area contributed by atoms with Crippen molar-refractivity contribution in [1.29, 1.82) is 0 Å². The normalized spacial score (nSPS) is 30.2. The molecule has 1 N–H and O–H groups in total. The summed E-state index contributed by atoms with van der Waals surface area (Å²) in [6.07, 6.45) is 6.44. The Kier molecular flexibility index (Phi) is 5.90. The number of hydrogen-bond donors (Lipinski definition) is 1. The molecule has 2 fully saturated rings. The van der Waals surface area contributed by atoms with Crippen LogP contribution < -0.4 is 5.32 Å². The summed E-state index contributed by atoms with van der Waals surface area (Å²) in [4.78, 5) is 11.2. The van der Waals surface area contributed by atoms with Gasteiger partial charge in [0, 0.05) is 18.5 Å². The van der Waals surface area contributed by atoms with Crippen molar-refractivity contribution in [3.63, 3.8) is 0 Å². The first-order valence-corrected chi connectivity index (χ1v) is 9.21. The van der Waals surface area contributed by atoms with Crippen molar-refractivity contribution in [1.82, 2.24) is 5.32 Å². The van der Waals surface area contributed by atoms with Crippen molar-refractivity contribution in [3.05, 3.63) is 0 Å². The summed E-state index contributed by atoms with van der Waals surface area (Å²) >= 11 is 4.34. The molecule has 2 atom stereocenters. The number of carbonyl (C=O) groups is 1. The topological polar surface area (TPSA) is 38.3 Å². The lowest BCUT2D eigenvalue weighted by atomic mass is 9.94. The van der Waals surface area contributed by atoms with Crippen LogP contribution in [0.15, 0.2) is 0 Å². The number of thioether (sulfide) groups is 2. The number of piperidine rings is 1. The van der Waals surface area contributed by atoms with Gasteiger partial charge < -0.3 is 10.1 Å². The van der Waals surface area contributed by atoms with Crippen LogP contribution in [-0.4, -0.2) is 40.7 Å². The summed E-state index contributed by atoms with van der Waals surface area (Å²) in [5.74, 6) is 2.54. The molecule has 3 nitrogen and oxygen atoms in total. The van der Waals surface area contributed by atoms with Crippen molar-refractivity contribution in [3.8, 4) is 0 Å². The smallest absolute Gasteiger partial charge is 0.305 e. The average Bonchev–Trinajstić information content (AvgIpc) is 2.38. The molecule has 2 aliphatic rings. The highest BCUT2D eigenvalue weighted by molar-refractivity contribution is 8.18. The van der Waals surface area contributed by atoms with Crippen LogP contribution in [0.3, 0.4) is 0 Å². The molecule has 0 aromatic carbocycles. The highest BCUT2D eigenvalue weighted by atomic mass is 32.2. The van der Waals surface area contributed by atoms with Gasteiger partial charge in [0.2, 0.25) is 0 Å². The van der Waals surface area contributed by atoms with Crippen LogP contribution in [0.4, 0.5) is 0 Å². The standard InChI is InChI=1S/C14H25NO2S2/c1-11-9-14(18-7-4-8-19-14)10-12(15-11)5-3-6-13(16)17-2/h11-12,15H,3-10H2,1-2H3/t11-,12+/m1/s1. The fourth-order valence-corrected chi connectivity index (χ4v) is 6.79. The molecule has 2 rings (SSSR count). The third kappa shape index (κ3) is 4.57. The zero-order chi connectivity index (χ0) is 13.7. The van der Waals surface area contributed by atoms with E-state index in [1.54, 1.807) is 0 Å². The van der Waals surface area contributed by atoms with Crippen LogP contribution in [0.25, 0.3) is 0 Å². The Bertz CT molecular complexity index is 306. The predicted molar refractivity (Wildman–Crippen MR) is 83.8 cm³/mol. The van der Waals surface area contributed by atoms with Crippen molar-refractivity contribution in [2.24, 2.45) is 0 Å². The minimum atomic E-state index is -0.0833. The first kappa shape index (κ1) is 15.5. The largest absolute Gasteiger partial charge is 0.469 e. The second kappa shape index (κ2) is 7.23. The molecule has 110 valence electrons. The number of hydrogen-bond acceptors (Lipinski definition) is 5. The molecule has 0 aromatic heterocycles. The predicted octanol–water partition coefficient (Wildman–Crippen LogP) is 3.04. The Hall–Kier alpha value is 0.130. The van der Waals surface area contributed by atoms with E-state index in [-0.39, 0.29) is 5.97 Å².